The predicted molar refractivity (Wildman–Crippen MR) is 72.0 cm³/mol. The van der Waals surface area contributed by atoms with E-state index in [4.69, 9.17) is 0 Å². The van der Waals surface area contributed by atoms with Crippen LogP contribution in [0.4, 0.5) is 0 Å². The Kier molecular flexibility index (Phi) is 5.28. The highest BCUT2D eigenvalue weighted by Crippen LogP contribution is 2.20. The monoisotopic (exact) mass is 254 g/mol. The lowest BCUT2D eigenvalue weighted by atomic mass is 9.89. The highest BCUT2D eigenvalue weighted by molar-refractivity contribution is 4.92. The van der Waals surface area contributed by atoms with Crippen molar-refractivity contribution in [3.63, 3.8) is 0 Å². The van der Waals surface area contributed by atoms with Crippen LogP contribution in [0.25, 0.3) is 0 Å². The first-order valence-electron chi connectivity index (χ1n) is 6.57. The van der Waals surface area contributed by atoms with E-state index < -0.39 is 6.10 Å². The van der Waals surface area contributed by atoms with Crippen LogP contribution in [0.3, 0.4) is 0 Å². The summed E-state index contributed by atoms with van der Waals surface area (Å²) in [5.41, 5.74) is 0.777. The summed E-state index contributed by atoms with van der Waals surface area (Å²) in [6.07, 6.45) is 1.47. The average Bonchev–Trinajstić information content (AvgIpc) is 2.63. The molecule has 104 valence electrons. The molecule has 0 saturated heterocycles. The number of aliphatic hydroxyl groups is 1. The van der Waals surface area contributed by atoms with Crippen LogP contribution in [0, 0.1) is 11.3 Å². The van der Waals surface area contributed by atoms with Gasteiger partial charge >= 0.3 is 0 Å². The maximum Gasteiger partial charge on any atom is 0.0964 e. The van der Waals surface area contributed by atoms with Gasteiger partial charge in [0.25, 0.3) is 0 Å². The second-order valence-electron chi connectivity index (χ2n) is 6.34. The summed E-state index contributed by atoms with van der Waals surface area (Å²) in [6, 6.07) is 0. The van der Waals surface area contributed by atoms with Crippen molar-refractivity contribution >= 4 is 0 Å². The number of aromatic nitrogens is 3. The molecule has 0 bridgehead atoms. The van der Waals surface area contributed by atoms with Gasteiger partial charge in [0.15, 0.2) is 0 Å². The molecule has 1 atom stereocenters. The zero-order valence-electron chi connectivity index (χ0n) is 12.1. The molecular weight excluding hydrogens is 228 g/mol. The van der Waals surface area contributed by atoms with Gasteiger partial charge in [-0.3, -0.25) is 0 Å². The molecule has 18 heavy (non-hydrogen) atoms. The van der Waals surface area contributed by atoms with Crippen LogP contribution in [0.15, 0.2) is 6.20 Å². The molecule has 0 aliphatic carbocycles. The lowest BCUT2D eigenvalue weighted by Crippen LogP contribution is -2.30. The minimum absolute atomic E-state index is 0.137. The van der Waals surface area contributed by atoms with E-state index in [1.54, 1.807) is 4.68 Å². The summed E-state index contributed by atoms with van der Waals surface area (Å²) in [4.78, 5) is 0. The van der Waals surface area contributed by atoms with E-state index in [9.17, 15) is 5.11 Å². The number of nitrogens with zero attached hydrogens (tertiary/aromatic N) is 3. The fraction of sp³-hybridized carbons (Fsp3) is 0.846. The standard InChI is InChI=1S/C13H26N4O/c1-10(2)6-14-7-11-8-17(16-15-11)9-12(18)13(3,4)5/h8,10,12,14,18H,6-7,9H2,1-5H3. The molecule has 0 fully saturated rings. The molecule has 0 radical (unpaired) electrons. The first-order chi connectivity index (χ1) is 8.29. The number of nitrogens with one attached hydrogen (secondary N) is 1. The largest absolute Gasteiger partial charge is 0.391 e. The smallest absolute Gasteiger partial charge is 0.0964 e. The molecule has 2 N–H and O–H groups in total. The molecule has 0 spiro atoms. The van der Waals surface area contributed by atoms with E-state index >= 15 is 0 Å². The third-order valence-electron chi connectivity index (χ3n) is 2.80. The Labute approximate surface area is 110 Å². The SMILES string of the molecule is CC(C)CNCc1cn(CC(O)C(C)(C)C)nn1. The molecule has 1 heterocycles. The fourth-order valence-corrected chi connectivity index (χ4v) is 1.45. The van der Waals surface area contributed by atoms with Gasteiger partial charge in [0.05, 0.1) is 18.3 Å². The summed E-state index contributed by atoms with van der Waals surface area (Å²) < 4.78 is 1.71. The van der Waals surface area contributed by atoms with Crippen molar-refractivity contribution in [3.05, 3.63) is 11.9 Å². The summed E-state index contributed by atoms with van der Waals surface area (Å²) >= 11 is 0. The molecule has 5 heteroatoms. The van der Waals surface area contributed by atoms with Crippen molar-refractivity contribution in [3.8, 4) is 0 Å². The van der Waals surface area contributed by atoms with Crippen LogP contribution in [-0.4, -0.2) is 32.7 Å². The fourth-order valence-electron chi connectivity index (χ4n) is 1.45. The first kappa shape index (κ1) is 15.1. The molecule has 1 rings (SSSR count). The van der Waals surface area contributed by atoms with Crippen LogP contribution in [-0.2, 0) is 13.1 Å². The van der Waals surface area contributed by atoms with Gasteiger partial charge in [-0.1, -0.05) is 39.8 Å². The Morgan fingerprint density at radius 3 is 2.61 bits per heavy atom. The van der Waals surface area contributed by atoms with E-state index in [1.165, 1.54) is 0 Å². The molecule has 0 amide bonds. The molecule has 0 saturated carbocycles. The minimum atomic E-state index is -0.421. The highest BCUT2D eigenvalue weighted by Gasteiger charge is 2.22. The zero-order chi connectivity index (χ0) is 13.8. The first-order valence-corrected chi connectivity index (χ1v) is 6.57. The molecule has 5 nitrogen and oxygen atoms in total. The summed E-state index contributed by atoms with van der Waals surface area (Å²) in [5.74, 6) is 0.628. The van der Waals surface area contributed by atoms with Crippen LogP contribution in [0.1, 0.15) is 40.3 Å². The number of rotatable bonds is 6. The Balaban J connectivity index is 2.43. The van der Waals surface area contributed by atoms with E-state index in [1.807, 2.05) is 27.0 Å². The quantitative estimate of drug-likeness (QED) is 0.806. The second-order valence-corrected chi connectivity index (χ2v) is 6.34. The van der Waals surface area contributed by atoms with Crippen molar-refractivity contribution in [2.45, 2.75) is 53.8 Å². The van der Waals surface area contributed by atoms with Gasteiger partial charge < -0.3 is 10.4 Å². The van der Waals surface area contributed by atoms with Crippen molar-refractivity contribution in [1.29, 1.82) is 0 Å². The lowest BCUT2D eigenvalue weighted by molar-refractivity contribution is 0.0446. The Hall–Kier alpha value is -0.940. The van der Waals surface area contributed by atoms with Crippen LogP contribution in [0.2, 0.25) is 0 Å². The zero-order valence-corrected chi connectivity index (χ0v) is 12.1. The van der Waals surface area contributed by atoms with Gasteiger partial charge in [-0.05, 0) is 17.9 Å². The molecular formula is C13H26N4O. The molecule has 0 aromatic carbocycles. The number of aliphatic hydroxyl groups excluding tert-OH is 1. The van der Waals surface area contributed by atoms with E-state index in [-0.39, 0.29) is 5.41 Å². The molecule has 1 aromatic heterocycles. The van der Waals surface area contributed by atoms with Crippen LogP contribution < -0.4 is 5.32 Å². The van der Waals surface area contributed by atoms with Gasteiger partial charge in [0.2, 0.25) is 0 Å². The summed E-state index contributed by atoms with van der Waals surface area (Å²) in [6.45, 7) is 12.6. The summed E-state index contributed by atoms with van der Waals surface area (Å²) in [7, 11) is 0. The van der Waals surface area contributed by atoms with E-state index in [0.717, 1.165) is 18.8 Å². The number of hydrogen-bond acceptors (Lipinski definition) is 4. The van der Waals surface area contributed by atoms with Crippen LogP contribution >= 0.6 is 0 Å². The molecule has 0 aliphatic heterocycles. The van der Waals surface area contributed by atoms with Gasteiger partial charge in [0, 0.05) is 12.7 Å². The molecule has 1 aromatic rings. The second kappa shape index (κ2) is 6.29. The highest BCUT2D eigenvalue weighted by atomic mass is 16.3. The lowest BCUT2D eigenvalue weighted by Gasteiger charge is -2.25. The minimum Gasteiger partial charge on any atom is -0.391 e. The predicted octanol–water partition coefficient (Wildman–Crippen LogP) is 1.43. The van der Waals surface area contributed by atoms with Crippen LogP contribution in [0.5, 0.6) is 0 Å². The Bertz CT molecular complexity index is 354. The topological polar surface area (TPSA) is 63.0 Å². The maximum absolute atomic E-state index is 9.99. The van der Waals surface area contributed by atoms with Crippen molar-refractivity contribution in [2.24, 2.45) is 11.3 Å². The van der Waals surface area contributed by atoms with E-state index in [0.29, 0.717) is 12.5 Å². The maximum atomic E-state index is 9.99. The Morgan fingerprint density at radius 2 is 2.06 bits per heavy atom. The van der Waals surface area contributed by atoms with Crippen molar-refractivity contribution < 1.29 is 5.11 Å². The molecule has 0 aliphatic rings. The Morgan fingerprint density at radius 1 is 1.39 bits per heavy atom. The number of hydrogen-bond donors (Lipinski definition) is 2. The van der Waals surface area contributed by atoms with Crippen molar-refractivity contribution in [2.75, 3.05) is 6.54 Å². The third kappa shape index (κ3) is 5.14. The van der Waals surface area contributed by atoms with Gasteiger partial charge in [-0.15, -0.1) is 5.10 Å². The normalized spacial score (nSPS) is 14.2. The van der Waals surface area contributed by atoms with Gasteiger partial charge in [-0.2, -0.15) is 0 Å². The average molecular weight is 254 g/mol. The van der Waals surface area contributed by atoms with Gasteiger partial charge in [0.1, 0.15) is 0 Å². The molecule has 1 unspecified atom stereocenters. The van der Waals surface area contributed by atoms with E-state index in [2.05, 4.69) is 29.5 Å². The third-order valence-corrected chi connectivity index (χ3v) is 2.80. The van der Waals surface area contributed by atoms with Crippen molar-refractivity contribution in [1.82, 2.24) is 20.3 Å². The van der Waals surface area contributed by atoms with Gasteiger partial charge in [-0.25, -0.2) is 4.68 Å². The summed E-state index contributed by atoms with van der Waals surface area (Å²) in [5, 5.41) is 21.4.